The van der Waals surface area contributed by atoms with Crippen LogP contribution in [0, 0.1) is 20.8 Å². The van der Waals surface area contributed by atoms with Crippen LogP contribution in [0.25, 0.3) is 0 Å². The second-order valence-electron chi connectivity index (χ2n) is 6.18. The molecular weight excluding hydrogens is 284 g/mol. The van der Waals surface area contributed by atoms with Crippen molar-refractivity contribution in [2.45, 2.75) is 64.3 Å². The summed E-state index contributed by atoms with van der Waals surface area (Å²) in [6.07, 6.45) is 4.06. The van der Waals surface area contributed by atoms with Gasteiger partial charge in [-0.1, -0.05) is 12.8 Å². The van der Waals surface area contributed by atoms with Crippen molar-refractivity contribution in [3.63, 3.8) is 0 Å². The van der Waals surface area contributed by atoms with E-state index in [0.29, 0.717) is 22.7 Å². The third-order valence-corrected chi connectivity index (χ3v) is 6.92. The van der Waals surface area contributed by atoms with E-state index in [1.807, 2.05) is 26.8 Å². The summed E-state index contributed by atoms with van der Waals surface area (Å²) in [5, 5.41) is 0. The van der Waals surface area contributed by atoms with Gasteiger partial charge in [-0.15, -0.1) is 0 Å². The van der Waals surface area contributed by atoms with Gasteiger partial charge in [0.25, 0.3) is 0 Å². The molecule has 1 unspecified atom stereocenters. The Hall–Kier alpha value is -1.07. The lowest BCUT2D eigenvalue weighted by Gasteiger charge is -2.28. The van der Waals surface area contributed by atoms with Crippen LogP contribution in [0.1, 0.15) is 49.3 Å². The molecule has 118 valence electrons. The van der Waals surface area contributed by atoms with Gasteiger partial charge in [-0.05, 0) is 63.3 Å². The van der Waals surface area contributed by atoms with E-state index in [1.54, 1.807) is 11.2 Å². The van der Waals surface area contributed by atoms with Crippen LogP contribution >= 0.6 is 0 Å². The Balaban J connectivity index is 2.58. The van der Waals surface area contributed by atoms with Gasteiger partial charge in [0, 0.05) is 18.3 Å². The first-order chi connectivity index (χ1) is 9.76. The van der Waals surface area contributed by atoms with Crippen LogP contribution < -0.4 is 5.73 Å². The van der Waals surface area contributed by atoms with E-state index in [0.717, 1.165) is 36.8 Å². The predicted molar refractivity (Wildman–Crippen MR) is 86.9 cm³/mol. The molecule has 0 spiro atoms. The molecule has 2 rings (SSSR count). The van der Waals surface area contributed by atoms with Gasteiger partial charge in [0.15, 0.2) is 0 Å². The average molecular weight is 310 g/mol. The fourth-order valence-electron chi connectivity index (χ4n) is 3.15. The van der Waals surface area contributed by atoms with E-state index in [1.165, 1.54) is 0 Å². The number of nitrogens with two attached hydrogens (primary N) is 1. The van der Waals surface area contributed by atoms with Crippen LogP contribution in [0.5, 0.6) is 0 Å². The summed E-state index contributed by atoms with van der Waals surface area (Å²) in [5.74, 6) is 0. The van der Waals surface area contributed by atoms with Gasteiger partial charge in [-0.2, -0.15) is 4.31 Å². The highest BCUT2D eigenvalue weighted by Crippen LogP contribution is 2.32. The van der Waals surface area contributed by atoms with E-state index in [9.17, 15) is 8.42 Å². The molecule has 1 aromatic carbocycles. The molecule has 4 nitrogen and oxygen atoms in total. The Labute approximate surface area is 128 Å². The van der Waals surface area contributed by atoms with Crippen molar-refractivity contribution in [3.05, 3.63) is 22.8 Å². The van der Waals surface area contributed by atoms with Crippen molar-refractivity contribution in [2.24, 2.45) is 0 Å². The number of hydrogen-bond acceptors (Lipinski definition) is 3. The van der Waals surface area contributed by atoms with Gasteiger partial charge in [0.2, 0.25) is 10.0 Å². The number of nitrogen functional groups attached to an aromatic ring is 1. The number of anilines is 1. The molecule has 1 atom stereocenters. The van der Waals surface area contributed by atoms with Crippen molar-refractivity contribution in [2.75, 3.05) is 12.3 Å². The molecule has 1 fully saturated rings. The smallest absolute Gasteiger partial charge is 0.243 e. The highest BCUT2D eigenvalue weighted by molar-refractivity contribution is 7.89. The number of sulfonamides is 1. The fourth-order valence-corrected chi connectivity index (χ4v) is 5.39. The lowest BCUT2D eigenvalue weighted by molar-refractivity contribution is 0.341. The maximum atomic E-state index is 13.2. The van der Waals surface area contributed by atoms with Crippen LogP contribution in [0.15, 0.2) is 11.0 Å². The Morgan fingerprint density at radius 3 is 2.48 bits per heavy atom. The monoisotopic (exact) mass is 310 g/mol. The molecule has 0 amide bonds. The van der Waals surface area contributed by atoms with E-state index in [-0.39, 0.29) is 6.04 Å². The molecular formula is C16H26N2O2S. The third-order valence-electron chi connectivity index (χ3n) is 4.64. The van der Waals surface area contributed by atoms with E-state index >= 15 is 0 Å². The summed E-state index contributed by atoms with van der Waals surface area (Å²) in [6.45, 7) is 8.20. The number of benzene rings is 1. The zero-order valence-electron chi connectivity index (χ0n) is 13.4. The number of rotatable bonds is 2. The van der Waals surface area contributed by atoms with Crippen molar-refractivity contribution < 1.29 is 8.42 Å². The van der Waals surface area contributed by atoms with Gasteiger partial charge in [-0.3, -0.25) is 0 Å². The Morgan fingerprint density at radius 1 is 1.14 bits per heavy atom. The molecule has 0 saturated carbocycles. The zero-order valence-corrected chi connectivity index (χ0v) is 14.3. The summed E-state index contributed by atoms with van der Waals surface area (Å²) in [6, 6.07) is 1.91. The topological polar surface area (TPSA) is 63.4 Å². The largest absolute Gasteiger partial charge is 0.398 e. The minimum absolute atomic E-state index is 0.0537. The van der Waals surface area contributed by atoms with Crippen LogP contribution in [0.4, 0.5) is 5.69 Å². The molecule has 21 heavy (non-hydrogen) atoms. The van der Waals surface area contributed by atoms with Crippen LogP contribution in [-0.2, 0) is 10.0 Å². The normalized spacial score (nSPS) is 21.2. The molecule has 0 aromatic heterocycles. The predicted octanol–water partition coefficient (Wildman–Crippen LogP) is 3.15. The number of hydrogen-bond donors (Lipinski definition) is 1. The van der Waals surface area contributed by atoms with Gasteiger partial charge in [0.1, 0.15) is 0 Å². The first kappa shape index (κ1) is 16.3. The summed E-state index contributed by atoms with van der Waals surface area (Å²) >= 11 is 0. The minimum atomic E-state index is -3.49. The maximum absolute atomic E-state index is 13.2. The molecule has 2 N–H and O–H groups in total. The number of aryl methyl sites for hydroxylation is 1. The Kier molecular flexibility index (Phi) is 4.63. The Morgan fingerprint density at radius 2 is 1.81 bits per heavy atom. The molecule has 1 heterocycles. The summed E-state index contributed by atoms with van der Waals surface area (Å²) < 4.78 is 28.0. The Bertz CT molecular complexity index is 612. The van der Waals surface area contributed by atoms with Crippen LogP contribution in [0.2, 0.25) is 0 Å². The SMILES string of the molecule is Cc1cc(N)c(C)c(S(=O)(=O)N2CCCCCC2C)c1C. The van der Waals surface area contributed by atoms with Gasteiger partial charge >= 0.3 is 0 Å². The molecule has 0 bridgehead atoms. The third kappa shape index (κ3) is 2.94. The van der Waals surface area contributed by atoms with Crippen molar-refractivity contribution in [1.82, 2.24) is 4.31 Å². The lowest BCUT2D eigenvalue weighted by Crippen LogP contribution is -2.39. The quantitative estimate of drug-likeness (QED) is 0.854. The van der Waals surface area contributed by atoms with Gasteiger partial charge in [-0.25, -0.2) is 8.42 Å². The van der Waals surface area contributed by atoms with Gasteiger partial charge in [0.05, 0.1) is 4.90 Å². The van der Waals surface area contributed by atoms with Gasteiger partial charge < -0.3 is 5.73 Å². The van der Waals surface area contributed by atoms with Crippen molar-refractivity contribution in [1.29, 1.82) is 0 Å². The first-order valence-corrected chi connectivity index (χ1v) is 9.09. The maximum Gasteiger partial charge on any atom is 0.243 e. The summed E-state index contributed by atoms with van der Waals surface area (Å²) in [5.41, 5.74) is 8.98. The molecule has 0 radical (unpaired) electrons. The van der Waals surface area contributed by atoms with E-state index < -0.39 is 10.0 Å². The zero-order chi connectivity index (χ0) is 15.8. The van der Waals surface area contributed by atoms with Crippen molar-refractivity contribution >= 4 is 15.7 Å². The molecule has 0 aliphatic carbocycles. The molecule has 1 saturated heterocycles. The standard InChI is InChI=1S/C16H26N2O2S/c1-11-10-15(17)14(4)16(13(11)3)21(19,20)18-9-7-5-6-8-12(18)2/h10,12H,5-9,17H2,1-4H3. The second-order valence-corrected chi connectivity index (χ2v) is 8.00. The van der Waals surface area contributed by atoms with Crippen LogP contribution in [-0.4, -0.2) is 25.3 Å². The average Bonchev–Trinajstić information content (AvgIpc) is 2.61. The van der Waals surface area contributed by atoms with E-state index in [4.69, 9.17) is 5.73 Å². The number of nitrogens with zero attached hydrogens (tertiary/aromatic N) is 1. The minimum Gasteiger partial charge on any atom is -0.398 e. The molecule has 1 aliphatic heterocycles. The molecule has 1 aromatic rings. The van der Waals surface area contributed by atoms with E-state index in [2.05, 4.69) is 0 Å². The van der Waals surface area contributed by atoms with Crippen molar-refractivity contribution in [3.8, 4) is 0 Å². The molecule has 1 aliphatic rings. The highest BCUT2D eigenvalue weighted by Gasteiger charge is 2.33. The highest BCUT2D eigenvalue weighted by atomic mass is 32.2. The second kappa shape index (κ2) is 5.97. The molecule has 5 heteroatoms. The summed E-state index contributed by atoms with van der Waals surface area (Å²) in [4.78, 5) is 0.411. The lowest BCUT2D eigenvalue weighted by atomic mass is 10.1. The first-order valence-electron chi connectivity index (χ1n) is 7.65. The van der Waals surface area contributed by atoms with Crippen LogP contribution in [0.3, 0.4) is 0 Å². The summed E-state index contributed by atoms with van der Waals surface area (Å²) in [7, 11) is -3.49. The fraction of sp³-hybridized carbons (Fsp3) is 0.625.